The first kappa shape index (κ1) is 35.2. The fourth-order valence-corrected chi connectivity index (χ4v) is 9.04. The molecule has 2 aromatic carbocycles. The molecule has 5 heterocycles. The van der Waals surface area contributed by atoms with Crippen LogP contribution in [0, 0.1) is 29.4 Å². The van der Waals surface area contributed by atoms with E-state index in [1.54, 1.807) is 0 Å². The molecule has 1 amide bonds. The number of carbonyl (C=O) groups is 1. The van der Waals surface area contributed by atoms with Gasteiger partial charge in [0, 0.05) is 54.8 Å². The molecule has 2 aromatic heterocycles. The number of nitrogens with zero attached hydrogens (tertiary/aromatic N) is 6. The first-order chi connectivity index (χ1) is 25.6. The van der Waals surface area contributed by atoms with Gasteiger partial charge in [-0.3, -0.25) is 9.88 Å². The van der Waals surface area contributed by atoms with Gasteiger partial charge in [-0.15, -0.1) is 6.42 Å². The van der Waals surface area contributed by atoms with Crippen molar-refractivity contribution in [2.24, 2.45) is 5.41 Å². The Morgan fingerprint density at radius 2 is 1.94 bits per heavy atom. The number of rotatable bonds is 7. The van der Waals surface area contributed by atoms with Crippen LogP contribution in [-0.4, -0.2) is 119 Å². The molecular formula is C39H42F2N6O6. The number of ether oxygens (including phenoxy) is 3. The molecule has 2 atom stereocenters. The molecule has 0 radical (unpaired) electrons. The third kappa shape index (κ3) is 6.34. The van der Waals surface area contributed by atoms with Crippen LogP contribution in [0.5, 0.6) is 11.8 Å². The fraction of sp³-hybridized carbons (Fsp3) is 0.487. The average Bonchev–Trinajstić information content (AvgIpc) is 3.40. The van der Waals surface area contributed by atoms with Crippen LogP contribution in [0.15, 0.2) is 30.5 Å². The van der Waals surface area contributed by atoms with Crippen LogP contribution >= 0.6 is 0 Å². The second kappa shape index (κ2) is 13.9. The fourth-order valence-electron chi connectivity index (χ4n) is 9.04. The maximum Gasteiger partial charge on any atom is 0.409 e. The minimum absolute atomic E-state index is 0.0216. The molecule has 8 rings (SSSR count). The molecule has 14 heteroatoms. The highest BCUT2D eigenvalue weighted by Gasteiger charge is 2.52. The highest BCUT2D eigenvalue weighted by Crippen LogP contribution is 2.49. The van der Waals surface area contributed by atoms with Crippen LogP contribution in [0.2, 0.25) is 0 Å². The van der Waals surface area contributed by atoms with Crippen LogP contribution in [0.25, 0.3) is 32.9 Å². The van der Waals surface area contributed by atoms with Gasteiger partial charge in [-0.1, -0.05) is 18.4 Å². The van der Waals surface area contributed by atoms with E-state index in [1.165, 1.54) is 42.5 Å². The van der Waals surface area contributed by atoms with Crippen LogP contribution in [0.3, 0.4) is 0 Å². The number of hydrogen-bond donors (Lipinski definition) is 2. The van der Waals surface area contributed by atoms with Gasteiger partial charge in [0.05, 0.1) is 44.4 Å². The number of aromatic nitrogens is 3. The van der Waals surface area contributed by atoms with Gasteiger partial charge < -0.3 is 34.2 Å². The minimum Gasteiger partial charge on any atom is -0.508 e. The largest absolute Gasteiger partial charge is 0.508 e. The number of likely N-dealkylation sites (tertiary alicyclic amines) is 2. The Morgan fingerprint density at radius 3 is 2.75 bits per heavy atom. The third-order valence-corrected chi connectivity index (χ3v) is 11.4. The molecule has 12 nitrogen and oxygen atoms in total. The lowest BCUT2D eigenvalue weighted by molar-refractivity contribution is -0.122. The van der Waals surface area contributed by atoms with Crippen LogP contribution in [-0.2, 0) is 9.47 Å². The predicted molar refractivity (Wildman–Crippen MR) is 193 cm³/mol. The maximum absolute atomic E-state index is 17.0. The number of β-amino-alcohol motifs (C(OH)–C–C–N with tert-alkyl or cyclic N) is 1. The van der Waals surface area contributed by atoms with Gasteiger partial charge in [0.15, 0.2) is 5.82 Å². The Bertz CT molecular complexity index is 2110. The molecular weight excluding hydrogens is 686 g/mol. The van der Waals surface area contributed by atoms with Crippen molar-refractivity contribution in [1.82, 2.24) is 24.8 Å². The number of aliphatic hydroxyl groups is 1. The van der Waals surface area contributed by atoms with Crippen molar-refractivity contribution in [3.05, 3.63) is 47.7 Å². The summed E-state index contributed by atoms with van der Waals surface area (Å²) in [7, 11) is 1.33. The van der Waals surface area contributed by atoms with E-state index in [-0.39, 0.29) is 64.0 Å². The van der Waals surface area contributed by atoms with Gasteiger partial charge in [-0.2, -0.15) is 9.97 Å². The van der Waals surface area contributed by atoms with Gasteiger partial charge in [-0.25, -0.2) is 13.6 Å². The van der Waals surface area contributed by atoms with E-state index < -0.39 is 23.3 Å². The zero-order valence-corrected chi connectivity index (χ0v) is 29.6. The van der Waals surface area contributed by atoms with Crippen molar-refractivity contribution in [3.63, 3.8) is 0 Å². The number of phenolic OH excluding ortho intramolecular Hbond substituents is 1. The topological polar surface area (TPSA) is 134 Å². The molecule has 0 unspecified atom stereocenters. The lowest BCUT2D eigenvalue weighted by Crippen LogP contribution is -2.69. The minimum atomic E-state index is -1.01. The van der Waals surface area contributed by atoms with Crippen molar-refractivity contribution in [1.29, 1.82) is 0 Å². The maximum atomic E-state index is 17.0. The van der Waals surface area contributed by atoms with Crippen molar-refractivity contribution < 1.29 is 38.0 Å². The summed E-state index contributed by atoms with van der Waals surface area (Å²) in [5.41, 5.74) is -1.34. The Balaban J connectivity index is 1.15. The molecule has 4 fully saturated rings. The van der Waals surface area contributed by atoms with Crippen molar-refractivity contribution in [3.8, 4) is 35.4 Å². The Kier molecular flexibility index (Phi) is 9.20. The third-order valence-electron chi connectivity index (χ3n) is 11.4. The van der Waals surface area contributed by atoms with E-state index in [1.807, 2.05) is 4.90 Å². The summed E-state index contributed by atoms with van der Waals surface area (Å²) in [6.45, 7) is 4.22. The van der Waals surface area contributed by atoms with E-state index in [9.17, 15) is 19.4 Å². The smallest absolute Gasteiger partial charge is 0.409 e. The molecule has 3 saturated heterocycles. The first-order valence-corrected chi connectivity index (χ1v) is 18.2. The van der Waals surface area contributed by atoms with Gasteiger partial charge in [0.1, 0.15) is 34.2 Å². The van der Waals surface area contributed by atoms with Crippen molar-refractivity contribution >= 4 is 33.6 Å². The number of phenols is 1. The Labute approximate surface area is 305 Å². The number of carbonyl (C=O) groups excluding carboxylic acids is 1. The normalized spacial score (nSPS) is 23.0. The SMILES string of the molecule is C#Cc1c(F)ccc2cc(O)cc(-c3ncc4c(N5CCCOCC5)nc(OC[C@]56CCC[C@H]5N(CC5(O)CN(C(=O)OC)C5)CCC6)nc4c3F)c12. The van der Waals surface area contributed by atoms with E-state index in [0.29, 0.717) is 56.0 Å². The number of fused-ring (bicyclic) bond motifs is 3. The van der Waals surface area contributed by atoms with Gasteiger partial charge in [0.25, 0.3) is 0 Å². The monoisotopic (exact) mass is 728 g/mol. The summed E-state index contributed by atoms with van der Waals surface area (Å²) >= 11 is 0. The molecule has 278 valence electrons. The Morgan fingerprint density at radius 1 is 1.11 bits per heavy atom. The number of pyridine rings is 1. The van der Waals surface area contributed by atoms with E-state index in [4.69, 9.17) is 25.6 Å². The lowest BCUT2D eigenvalue weighted by Gasteiger charge is -2.52. The summed E-state index contributed by atoms with van der Waals surface area (Å²) < 4.78 is 48.9. The number of hydrogen-bond acceptors (Lipinski definition) is 11. The number of terminal acetylenes is 1. The van der Waals surface area contributed by atoms with E-state index >= 15 is 4.39 Å². The summed E-state index contributed by atoms with van der Waals surface area (Å²) in [4.78, 5) is 31.8. The average molecular weight is 729 g/mol. The number of amides is 1. The number of benzene rings is 2. The van der Waals surface area contributed by atoms with Crippen molar-refractivity contribution in [2.75, 3.05) is 71.1 Å². The standard InChI is InChI=1S/C39H42F2N6O6/c1-3-26-29(40)9-8-24-17-25(48)18-27(31(24)26)33-32(41)34-28(19-42-33)35(45-13-6-15-52-16-14-45)44-36(43-34)53-23-38-10-4-7-30(38)46(12-5-11-38)20-39(50)21-47(22-39)37(49)51-2/h1,8-9,17-19,30,48,50H,4-7,10-16,20-23H2,2H3/t30-,38-/m1/s1. The second-order valence-corrected chi connectivity index (χ2v) is 14.8. The quantitative estimate of drug-likeness (QED) is 0.253. The van der Waals surface area contributed by atoms with E-state index in [2.05, 4.69) is 20.8 Å². The molecule has 0 spiro atoms. The van der Waals surface area contributed by atoms with Gasteiger partial charge in [-0.05, 0) is 62.2 Å². The summed E-state index contributed by atoms with van der Waals surface area (Å²) in [5, 5.41) is 22.9. The number of methoxy groups -OCH3 is 1. The lowest BCUT2D eigenvalue weighted by atomic mass is 9.75. The molecule has 1 saturated carbocycles. The van der Waals surface area contributed by atoms with Gasteiger partial charge in [0.2, 0.25) is 0 Å². The highest BCUT2D eigenvalue weighted by atomic mass is 19.1. The molecule has 0 bridgehead atoms. The highest BCUT2D eigenvalue weighted by molar-refractivity contribution is 6.03. The van der Waals surface area contributed by atoms with Gasteiger partial charge >= 0.3 is 12.1 Å². The zero-order chi connectivity index (χ0) is 36.9. The molecule has 2 N–H and O–H groups in total. The number of halogens is 2. The second-order valence-electron chi connectivity index (χ2n) is 14.8. The van der Waals surface area contributed by atoms with Crippen LogP contribution in [0.4, 0.5) is 19.4 Å². The summed E-state index contributed by atoms with van der Waals surface area (Å²) in [6, 6.07) is 5.63. The first-order valence-electron chi connectivity index (χ1n) is 18.2. The Hall–Kier alpha value is -4.84. The predicted octanol–water partition coefficient (Wildman–Crippen LogP) is 4.86. The number of anilines is 1. The molecule has 4 aromatic rings. The number of aromatic hydroxyl groups is 1. The summed E-state index contributed by atoms with van der Waals surface area (Å²) in [6.07, 6.45) is 12.2. The van der Waals surface area contributed by atoms with E-state index in [0.717, 1.165) is 45.1 Å². The van der Waals surface area contributed by atoms with Crippen molar-refractivity contribution in [2.45, 2.75) is 50.2 Å². The molecule has 4 aliphatic rings. The molecule has 1 aliphatic carbocycles. The van der Waals surface area contributed by atoms with Crippen LogP contribution in [0.1, 0.15) is 44.1 Å². The van der Waals surface area contributed by atoms with Crippen LogP contribution < -0.4 is 9.64 Å². The molecule has 53 heavy (non-hydrogen) atoms. The number of piperidine rings is 1. The molecule has 3 aliphatic heterocycles. The zero-order valence-electron chi connectivity index (χ0n) is 29.6. The summed E-state index contributed by atoms with van der Waals surface area (Å²) in [5.74, 6) is 1.27.